The molecule has 0 spiro atoms. The maximum atomic E-state index is 4.45. The minimum atomic E-state index is 0.835. The fourth-order valence-corrected chi connectivity index (χ4v) is 1.92. The molecule has 3 nitrogen and oxygen atoms in total. The van der Waals surface area contributed by atoms with Crippen molar-refractivity contribution < 1.29 is 0 Å². The van der Waals surface area contributed by atoms with E-state index in [2.05, 4.69) is 38.2 Å². The van der Waals surface area contributed by atoms with Gasteiger partial charge in [0, 0.05) is 23.6 Å². The number of nitrogens with zero attached hydrogens (tertiary/aromatic N) is 2. The molecule has 1 N–H and O–H groups in total. The zero-order chi connectivity index (χ0) is 11.5. The van der Waals surface area contributed by atoms with Crippen molar-refractivity contribution in [2.75, 3.05) is 25.5 Å². The van der Waals surface area contributed by atoms with Gasteiger partial charge in [-0.1, -0.05) is 0 Å². The first-order chi connectivity index (χ1) is 7.66. The zero-order valence-corrected chi connectivity index (χ0v) is 11.4. The van der Waals surface area contributed by atoms with E-state index in [0.29, 0.717) is 0 Å². The second-order valence-electron chi connectivity index (χ2n) is 4.40. The summed E-state index contributed by atoms with van der Waals surface area (Å²) >= 11 is 3.45. The number of aryl methyl sites for hydroxylation is 1. The predicted octanol–water partition coefficient (Wildman–Crippen LogP) is 2.66. The Hall–Kier alpha value is -0.610. The van der Waals surface area contributed by atoms with Crippen LogP contribution in [0.5, 0.6) is 0 Å². The maximum absolute atomic E-state index is 4.45. The average Bonchev–Trinajstić information content (AvgIpc) is 3.07. The van der Waals surface area contributed by atoms with Crippen LogP contribution in [-0.2, 0) is 0 Å². The number of likely N-dealkylation sites (N-methyl/N-ethyl adjacent to an activating group) is 1. The van der Waals surface area contributed by atoms with Crippen molar-refractivity contribution in [2.45, 2.75) is 25.8 Å². The van der Waals surface area contributed by atoms with Crippen molar-refractivity contribution in [3.8, 4) is 0 Å². The van der Waals surface area contributed by atoms with Gasteiger partial charge in [-0.3, -0.25) is 0 Å². The number of pyridine rings is 1. The van der Waals surface area contributed by atoms with Gasteiger partial charge in [-0.25, -0.2) is 4.98 Å². The largest absolute Gasteiger partial charge is 0.369 e. The van der Waals surface area contributed by atoms with E-state index in [1.807, 2.05) is 19.1 Å². The van der Waals surface area contributed by atoms with E-state index in [1.165, 1.54) is 12.8 Å². The molecule has 88 valence electrons. The van der Waals surface area contributed by atoms with Crippen molar-refractivity contribution >= 4 is 21.7 Å². The third kappa shape index (κ3) is 3.19. The average molecular weight is 284 g/mol. The summed E-state index contributed by atoms with van der Waals surface area (Å²) in [5.41, 5.74) is 1.03. The first-order valence-electron chi connectivity index (χ1n) is 5.74. The number of hydrogen-bond acceptors (Lipinski definition) is 3. The number of rotatable bonds is 5. The normalized spacial score (nSPS) is 15.5. The van der Waals surface area contributed by atoms with Crippen LogP contribution in [0.4, 0.5) is 5.82 Å². The number of nitrogens with one attached hydrogen (secondary N) is 1. The fourth-order valence-electron chi connectivity index (χ4n) is 1.70. The van der Waals surface area contributed by atoms with Gasteiger partial charge in [0.05, 0.1) is 5.69 Å². The van der Waals surface area contributed by atoms with Crippen molar-refractivity contribution in [2.24, 2.45) is 0 Å². The SMILES string of the molecule is Cc1nc(NCCN(C)C2CC2)ccc1Br. The Kier molecular flexibility index (Phi) is 3.82. The molecule has 0 radical (unpaired) electrons. The molecule has 0 aliphatic heterocycles. The molecule has 1 aromatic heterocycles. The molecule has 0 amide bonds. The summed E-state index contributed by atoms with van der Waals surface area (Å²) in [6.07, 6.45) is 2.73. The van der Waals surface area contributed by atoms with E-state index in [0.717, 1.165) is 35.1 Å². The summed E-state index contributed by atoms with van der Waals surface area (Å²) in [4.78, 5) is 6.87. The fraction of sp³-hybridized carbons (Fsp3) is 0.583. The van der Waals surface area contributed by atoms with Crippen LogP contribution in [0.15, 0.2) is 16.6 Å². The van der Waals surface area contributed by atoms with Crippen LogP contribution in [0.1, 0.15) is 18.5 Å². The molecule has 4 heteroatoms. The van der Waals surface area contributed by atoms with Crippen LogP contribution >= 0.6 is 15.9 Å². The molecule has 0 atom stereocenters. The maximum Gasteiger partial charge on any atom is 0.126 e. The Morgan fingerprint density at radius 1 is 1.50 bits per heavy atom. The van der Waals surface area contributed by atoms with Crippen molar-refractivity contribution in [3.63, 3.8) is 0 Å². The van der Waals surface area contributed by atoms with Crippen molar-refractivity contribution in [3.05, 3.63) is 22.3 Å². The van der Waals surface area contributed by atoms with E-state index >= 15 is 0 Å². The second kappa shape index (κ2) is 5.15. The molecular weight excluding hydrogens is 266 g/mol. The summed E-state index contributed by atoms with van der Waals surface area (Å²) < 4.78 is 1.06. The molecule has 1 aromatic rings. The van der Waals surface area contributed by atoms with Crippen LogP contribution in [0.25, 0.3) is 0 Å². The van der Waals surface area contributed by atoms with Gasteiger partial charge in [0.25, 0.3) is 0 Å². The molecule has 1 heterocycles. The standard InChI is InChI=1S/C12H18BrN3/c1-9-11(13)5-6-12(15-9)14-7-8-16(2)10-3-4-10/h5-6,10H,3-4,7-8H2,1-2H3,(H,14,15). The molecule has 0 bridgehead atoms. The summed E-state index contributed by atoms with van der Waals surface area (Å²) in [5.74, 6) is 0.963. The van der Waals surface area contributed by atoms with Gasteiger partial charge < -0.3 is 10.2 Å². The van der Waals surface area contributed by atoms with Gasteiger partial charge in [-0.05, 0) is 54.9 Å². The Morgan fingerprint density at radius 2 is 2.25 bits per heavy atom. The van der Waals surface area contributed by atoms with E-state index in [9.17, 15) is 0 Å². The Bertz CT molecular complexity index is 363. The second-order valence-corrected chi connectivity index (χ2v) is 5.26. The van der Waals surface area contributed by atoms with Gasteiger partial charge in [0.2, 0.25) is 0 Å². The molecule has 0 unspecified atom stereocenters. The van der Waals surface area contributed by atoms with Gasteiger partial charge in [0.15, 0.2) is 0 Å². The molecule has 1 fully saturated rings. The molecule has 0 saturated heterocycles. The highest BCUT2D eigenvalue weighted by Gasteiger charge is 2.25. The number of halogens is 1. The highest BCUT2D eigenvalue weighted by molar-refractivity contribution is 9.10. The quantitative estimate of drug-likeness (QED) is 0.901. The lowest BCUT2D eigenvalue weighted by Crippen LogP contribution is -2.27. The summed E-state index contributed by atoms with van der Waals surface area (Å²) in [6, 6.07) is 4.88. The molecule has 1 aliphatic rings. The van der Waals surface area contributed by atoms with Crippen LogP contribution in [-0.4, -0.2) is 36.1 Å². The van der Waals surface area contributed by atoms with Gasteiger partial charge >= 0.3 is 0 Å². The van der Waals surface area contributed by atoms with E-state index in [1.54, 1.807) is 0 Å². The van der Waals surface area contributed by atoms with Crippen LogP contribution in [0.3, 0.4) is 0 Å². The number of anilines is 1. The Balaban J connectivity index is 1.78. The van der Waals surface area contributed by atoms with Crippen molar-refractivity contribution in [1.82, 2.24) is 9.88 Å². The van der Waals surface area contributed by atoms with E-state index in [-0.39, 0.29) is 0 Å². The van der Waals surface area contributed by atoms with E-state index in [4.69, 9.17) is 0 Å². The molecule has 0 aromatic carbocycles. The van der Waals surface area contributed by atoms with Gasteiger partial charge in [-0.2, -0.15) is 0 Å². The third-order valence-corrected chi connectivity index (χ3v) is 3.80. The van der Waals surface area contributed by atoms with Gasteiger partial charge in [0.1, 0.15) is 5.82 Å². The molecule has 16 heavy (non-hydrogen) atoms. The summed E-state index contributed by atoms with van der Waals surface area (Å²) in [5, 5.41) is 3.35. The lowest BCUT2D eigenvalue weighted by atomic mass is 10.3. The number of aromatic nitrogens is 1. The minimum absolute atomic E-state index is 0.835. The third-order valence-electron chi connectivity index (χ3n) is 2.96. The first-order valence-corrected chi connectivity index (χ1v) is 6.53. The Morgan fingerprint density at radius 3 is 2.88 bits per heavy atom. The molecule has 1 aliphatic carbocycles. The Labute approximate surface area is 105 Å². The molecule has 1 saturated carbocycles. The summed E-state index contributed by atoms with van der Waals surface area (Å²) in [7, 11) is 2.19. The zero-order valence-electron chi connectivity index (χ0n) is 9.83. The van der Waals surface area contributed by atoms with Crippen LogP contribution < -0.4 is 5.32 Å². The van der Waals surface area contributed by atoms with Crippen LogP contribution in [0.2, 0.25) is 0 Å². The lowest BCUT2D eigenvalue weighted by molar-refractivity contribution is 0.337. The predicted molar refractivity (Wildman–Crippen MR) is 70.8 cm³/mol. The van der Waals surface area contributed by atoms with Crippen LogP contribution in [0, 0.1) is 6.92 Å². The van der Waals surface area contributed by atoms with E-state index < -0.39 is 0 Å². The monoisotopic (exact) mass is 283 g/mol. The first kappa shape index (κ1) is 11.9. The smallest absolute Gasteiger partial charge is 0.126 e. The lowest BCUT2D eigenvalue weighted by Gasteiger charge is -2.16. The molecule has 2 rings (SSSR count). The highest BCUT2D eigenvalue weighted by Crippen LogP contribution is 2.24. The topological polar surface area (TPSA) is 28.2 Å². The van der Waals surface area contributed by atoms with Crippen molar-refractivity contribution in [1.29, 1.82) is 0 Å². The molecular formula is C12H18BrN3. The minimum Gasteiger partial charge on any atom is -0.369 e. The highest BCUT2D eigenvalue weighted by atomic mass is 79.9. The number of hydrogen-bond donors (Lipinski definition) is 1. The van der Waals surface area contributed by atoms with Gasteiger partial charge in [-0.15, -0.1) is 0 Å². The summed E-state index contributed by atoms with van der Waals surface area (Å²) in [6.45, 7) is 4.05.